The van der Waals surface area contributed by atoms with Crippen molar-refractivity contribution in [3.05, 3.63) is 53.6 Å². The quantitative estimate of drug-likeness (QED) is 0.801. The third-order valence-corrected chi connectivity index (χ3v) is 3.14. The molecule has 0 saturated heterocycles. The van der Waals surface area contributed by atoms with Crippen molar-refractivity contribution < 1.29 is 0 Å². The Morgan fingerprint density at radius 3 is 2.82 bits per heavy atom. The number of hydrogen-bond acceptors (Lipinski definition) is 2. The van der Waals surface area contributed by atoms with Crippen molar-refractivity contribution in [3.8, 4) is 17.2 Å². The maximum absolute atomic E-state index is 8.90. The number of hydrogen-bond donors (Lipinski definition) is 1. The SMILES string of the molecule is N#Cc1cccc(-c2ccc3c(c2)NCC3)c1. The largest absolute Gasteiger partial charge is 0.384 e. The van der Waals surface area contributed by atoms with E-state index in [9.17, 15) is 0 Å². The van der Waals surface area contributed by atoms with Gasteiger partial charge in [0.2, 0.25) is 0 Å². The van der Waals surface area contributed by atoms with Gasteiger partial charge < -0.3 is 5.32 Å². The van der Waals surface area contributed by atoms with Crippen LogP contribution in [0.3, 0.4) is 0 Å². The first kappa shape index (κ1) is 9.92. The number of benzene rings is 2. The minimum absolute atomic E-state index is 0.705. The molecule has 1 aliphatic heterocycles. The molecule has 82 valence electrons. The van der Waals surface area contributed by atoms with Gasteiger partial charge in [-0.05, 0) is 41.3 Å². The zero-order valence-electron chi connectivity index (χ0n) is 9.40. The molecule has 2 nitrogen and oxygen atoms in total. The van der Waals surface area contributed by atoms with Crippen LogP contribution in [0.4, 0.5) is 5.69 Å². The predicted octanol–water partition coefficient (Wildman–Crippen LogP) is 3.19. The normalized spacial score (nSPS) is 12.6. The molecule has 0 atom stereocenters. The fraction of sp³-hybridized carbons (Fsp3) is 0.133. The Labute approximate surface area is 101 Å². The van der Waals surface area contributed by atoms with Gasteiger partial charge in [0.25, 0.3) is 0 Å². The Morgan fingerprint density at radius 1 is 1.06 bits per heavy atom. The average molecular weight is 220 g/mol. The lowest BCUT2D eigenvalue weighted by Crippen LogP contribution is -1.91. The highest BCUT2D eigenvalue weighted by molar-refractivity contribution is 5.72. The summed E-state index contributed by atoms with van der Waals surface area (Å²) in [6.45, 7) is 1.02. The van der Waals surface area contributed by atoms with Gasteiger partial charge in [-0.1, -0.05) is 24.3 Å². The number of nitrogens with zero attached hydrogens (tertiary/aromatic N) is 1. The molecule has 0 spiro atoms. The summed E-state index contributed by atoms with van der Waals surface area (Å²) in [4.78, 5) is 0. The maximum atomic E-state index is 8.90. The van der Waals surface area contributed by atoms with Crippen LogP contribution in [0.15, 0.2) is 42.5 Å². The number of nitriles is 1. The van der Waals surface area contributed by atoms with Crippen LogP contribution in [0.2, 0.25) is 0 Å². The molecule has 0 radical (unpaired) electrons. The van der Waals surface area contributed by atoms with Crippen LogP contribution in [-0.2, 0) is 6.42 Å². The second kappa shape index (κ2) is 3.95. The van der Waals surface area contributed by atoms with Crippen LogP contribution in [0, 0.1) is 11.3 Å². The third-order valence-electron chi connectivity index (χ3n) is 3.14. The predicted molar refractivity (Wildman–Crippen MR) is 68.8 cm³/mol. The molecule has 1 aliphatic rings. The lowest BCUT2D eigenvalue weighted by molar-refractivity contribution is 1.11. The van der Waals surface area contributed by atoms with Gasteiger partial charge in [0.1, 0.15) is 0 Å². The Morgan fingerprint density at radius 2 is 1.94 bits per heavy atom. The van der Waals surface area contributed by atoms with E-state index < -0.39 is 0 Å². The van der Waals surface area contributed by atoms with Crippen molar-refractivity contribution in [1.29, 1.82) is 5.26 Å². The van der Waals surface area contributed by atoms with E-state index in [-0.39, 0.29) is 0 Å². The highest BCUT2D eigenvalue weighted by Gasteiger charge is 2.10. The van der Waals surface area contributed by atoms with Crippen LogP contribution in [0.5, 0.6) is 0 Å². The van der Waals surface area contributed by atoms with Gasteiger partial charge in [-0.3, -0.25) is 0 Å². The van der Waals surface area contributed by atoms with Crippen molar-refractivity contribution in [1.82, 2.24) is 0 Å². The van der Waals surface area contributed by atoms with Crippen LogP contribution in [0.1, 0.15) is 11.1 Å². The summed E-state index contributed by atoms with van der Waals surface area (Å²) < 4.78 is 0. The van der Waals surface area contributed by atoms with Gasteiger partial charge in [-0.15, -0.1) is 0 Å². The van der Waals surface area contributed by atoms with E-state index in [1.54, 1.807) is 0 Å². The lowest BCUT2D eigenvalue weighted by atomic mass is 10.0. The zero-order valence-corrected chi connectivity index (χ0v) is 9.40. The van der Waals surface area contributed by atoms with Crippen LogP contribution >= 0.6 is 0 Å². The summed E-state index contributed by atoms with van der Waals surface area (Å²) in [7, 11) is 0. The second-order valence-electron chi connectivity index (χ2n) is 4.24. The Kier molecular flexibility index (Phi) is 2.31. The molecule has 0 unspecified atom stereocenters. The van der Waals surface area contributed by atoms with Crippen LogP contribution < -0.4 is 5.32 Å². The van der Waals surface area contributed by atoms with E-state index in [2.05, 4.69) is 29.6 Å². The summed E-state index contributed by atoms with van der Waals surface area (Å²) in [5, 5.41) is 12.3. The second-order valence-corrected chi connectivity index (χ2v) is 4.24. The van der Waals surface area contributed by atoms with E-state index in [0.717, 1.165) is 24.1 Å². The first-order valence-corrected chi connectivity index (χ1v) is 5.74. The molecule has 2 aromatic carbocycles. The van der Waals surface area contributed by atoms with Crippen LogP contribution in [-0.4, -0.2) is 6.54 Å². The van der Waals surface area contributed by atoms with Gasteiger partial charge in [0.15, 0.2) is 0 Å². The Balaban J connectivity index is 2.07. The fourth-order valence-electron chi connectivity index (χ4n) is 2.24. The van der Waals surface area contributed by atoms with Gasteiger partial charge in [-0.2, -0.15) is 5.26 Å². The van der Waals surface area contributed by atoms with E-state index in [4.69, 9.17) is 5.26 Å². The monoisotopic (exact) mass is 220 g/mol. The number of nitrogens with one attached hydrogen (secondary N) is 1. The van der Waals surface area contributed by atoms with E-state index in [0.29, 0.717) is 5.56 Å². The summed E-state index contributed by atoms with van der Waals surface area (Å²) in [6, 6.07) is 16.4. The lowest BCUT2D eigenvalue weighted by Gasteiger charge is -2.05. The Hall–Kier alpha value is -2.27. The smallest absolute Gasteiger partial charge is 0.0991 e. The fourth-order valence-corrected chi connectivity index (χ4v) is 2.24. The van der Waals surface area contributed by atoms with Crippen molar-refractivity contribution >= 4 is 5.69 Å². The van der Waals surface area contributed by atoms with Gasteiger partial charge in [0, 0.05) is 12.2 Å². The highest BCUT2D eigenvalue weighted by atomic mass is 14.9. The Bertz CT molecular complexity index is 609. The molecule has 3 rings (SSSR count). The number of fused-ring (bicyclic) bond motifs is 1. The van der Waals surface area contributed by atoms with Gasteiger partial charge in [0.05, 0.1) is 11.6 Å². The van der Waals surface area contributed by atoms with Crippen molar-refractivity contribution in [2.24, 2.45) is 0 Å². The van der Waals surface area contributed by atoms with Crippen LogP contribution in [0.25, 0.3) is 11.1 Å². The minimum atomic E-state index is 0.705. The topological polar surface area (TPSA) is 35.8 Å². The number of anilines is 1. The molecule has 0 fully saturated rings. The van der Waals surface area contributed by atoms with E-state index >= 15 is 0 Å². The molecule has 0 saturated carbocycles. The summed E-state index contributed by atoms with van der Waals surface area (Å²) in [5.41, 5.74) is 5.57. The molecule has 2 heteroatoms. The zero-order chi connectivity index (χ0) is 11.7. The highest BCUT2D eigenvalue weighted by Crippen LogP contribution is 2.29. The van der Waals surface area contributed by atoms with E-state index in [1.807, 2.05) is 24.3 Å². The first-order valence-electron chi connectivity index (χ1n) is 5.74. The first-order chi connectivity index (χ1) is 8.36. The number of rotatable bonds is 1. The molecule has 17 heavy (non-hydrogen) atoms. The third kappa shape index (κ3) is 1.76. The summed E-state index contributed by atoms with van der Waals surface area (Å²) in [6.07, 6.45) is 1.11. The molecular weight excluding hydrogens is 208 g/mol. The maximum Gasteiger partial charge on any atom is 0.0991 e. The molecule has 2 aromatic rings. The molecule has 0 amide bonds. The summed E-state index contributed by atoms with van der Waals surface area (Å²) >= 11 is 0. The molecule has 0 bridgehead atoms. The minimum Gasteiger partial charge on any atom is -0.384 e. The molecule has 0 aliphatic carbocycles. The van der Waals surface area contributed by atoms with Gasteiger partial charge >= 0.3 is 0 Å². The van der Waals surface area contributed by atoms with Crippen molar-refractivity contribution in [3.63, 3.8) is 0 Å². The van der Waals surface area contributed by atoms with Gasteiger partial charge in [-0.25, -0.2) is 0 Å². The average Bonchev–Trinajstić information content (AvgIpc) is 2.86. The van der Waals surface area contributed by atoms with Crippen molar-refractivity contribution in [2.75, 3.05) is 11.9 Å². The summed E-state index contributed by atoms with van der Waals surface area (Å²) in [5.74, 6) is 0. The molecule has 0 aromatic heterocycles. The molecule has 1 heterocycles. The van der Waals surface area contributed by atoms with Crippen molar-refractivity contribution in [2.45, 2.75) is 6.42 Å². The molecule has 1 N–H and O–H groups in total. The molecular formula is C15H12N2. The standard InChI is InChI=1S/C15H12N2/c16-10-11-2-1-3-13(8-11)14-5-4-12-6-7-17-15(12)9-14/h1-5,8-9,17H,6-7H2. The van der Waals surface area contributed by atoms with E-state index in [1.165, 1.54) is 11.3 Å².